The molecule has 7 heteroatoms. The number of thioether (sulfide) groups is 1. The maximum Gasteiger partial charge on any atom is 0.228 e. The second kappa shape index (κ2) is 5.55. The quantitative estimate of drug-likeness (QED) is 0.620. The smallest absolute Gasteiger partial charge is 0.228 e. The molecule has 0 bridgehead atoms. The summed E-state index contributed by atoms with van der Waals surface area (Å²) in [4.78, 5) is 23.6. The molecule has 1 amide bonds. The monoisotopic (exact) mass is 303 g/mol. The zero-order valence-corrected chi connectivity index (χ0v) is 13.6. The molecule has 0 unspecified atom stereocenters. The molecule has 1 N–H and O–H groups in total. The van der Waals surface area contributed by atoms with Crippen molar-refractivity contribution in [1.82, 2.24) is 5.32 Å². The molecular formula is C12H21NO4SSi. The maximum absolute atomic E-state index is 11.8. The lowest BCUT2D eigenvalue weighted by atomic mass is 9.83. The lowest BCUT2D eigenvalue weighted by Crippen LogP contribution is -2.69. The van der Waals surface area contributed by atoms with E-state index in [1.54, 1.807) is 0 Å². The van der Waals surface area contributed by atoms with E-state index in [1.807, 2.05) is 6.92 Å². The first kappa shape index (κ1) is 15.0. The van der Waals surface area contributed by atoms with Gasteiger partial charge < -0.3 is 14.5 Å². The van der Waals surface area contributed by atoms with Crippen molar-refractivity contribution >= 4 is 31.1 Å². The van der Waals surface area contributed by atoms with Crippen molar-refractivity contribution in [3.8, 4) is 0 Å². The topological polar surface area (TPSA) is 64.6 Å². The summed E-state index contributed by atoms with van der Waals surface area (Å²) in [6.07, 6.45) is -0.692. The first-order valence-electron chi connectivity index (χ1n) is 6.56. The van der Waals surface area contributed by atoms with Gasteiger partial charge >= 0.3 is 0 Å². The number of carbonyl (C=O) groups excluding carboxylic acids is 2. The highest BCUT2D eigenvalue weighted by Crippen LogP contribution is 2.30. The van der Waals surface area contributed by atoms with Gasteiger partial charge in [-0.15, -0.1) is 0 Å². The largest absolute Gasteiger partial charge is 0.414 e. The Morgan fingerprint density at radius 3 is 2.63 bits per heavy atom. The van der Waals surface area contributed by atoms with E-state index in [4.69, 9.17) is 9.16 Å². The van der Waals surface area contributed by atoms with Crippen LogP contribution < -0.4 is 5.32 Å². The van der Waals surface area contributed by atoms with Crippen molar-refractivity contribution in [2.45, 2.75) is 44.8 Å². The van der Waals surface area contributed by atoms with Crippen molar-refractivity contribution < 1.29 is 18.8 Å². The van der Waals surface area contributed by atoms with Crippen LogP contribution in [0.4, 0.5) is 0 Å². The molecule has 0 aromatic rings. The lowest BCUT2D eigenvalue weighted by Gasteiger charge is -2.45. The van der Waals surface area contributed by atoms with Gasteiger partial charge in [0.25, 0.3) is 0 Å². The third-order valence-corrected chi connectivity index (χ3v) is 5.19. The third-order valence-electron chi connectivity index (χ3n) is 3.23. The molecule has 4 atom stereocenters. The van der Waals surface area contributed by atoms with Gasteiger partial charge in [0.05, 0.1) is 24.7 Å². The Hall–Kier alpha value is -0.373. The maximum atomic E-state index is 11.8. The van der Waals surface area contributed by atoms with Gasteiger partial charge in [-0.3, -0.25) is 9.59 Å². The molecular weight excluding hydrogens is 282 g/mol. The summed E-state index contributed by atoms with van der Waals surface area (Å²) < 4.78 is 11.5. The Morgan fingerprint density at radius 1 is 1.42 bits per heavy atom. The molecule has 0 radical (unpaired) electrons. The summed E-state index contributed by atoms with van der Waals surface area (Å²) in [6, 6.07) is -0.237. The van der Waals surface area contributed by atoms with Crippen molar-refractivity contribution in [3.05, 3.63) is 0 Å². The predicted octanol–water partition coefficient (Wildman–Crippen LogP) is 1.000. The fourth-order valence-corrected chi connectivity index (χ4v) is 4.56. The fourth-order valence-electron chi connectivity index (χ4n) is 2.54. The van der Waals surface area contributed by atoms with Gasteiger partial charge in [0.1, 0.15) is 6.10 Å². The zero-order chi connectivity index (χ0) is 14.2. The van der Waals surface area contributed by atoms with Gasteiger partial charge in [-0.05, 0) is 26.6 Å². The number of β-lactam (4-membered cyclic amide) rings is 1. The van der Waals surface area contributed by atoms with E-state index in [0.29, 0.717) is 12.4 Å². The van der Waals surface area contributed by atoms with Gasteiger partial charge in [-0.25, -0.2) is 0 Å². The molecule has 108 valence electrons. The highest BCUT2D eigenvalue weighted by Gasteiger charge is 2.51. The number of ether oxygens (including phenoxy) is 1. The molecule has 19 heavy (non-hydrogen) atoms. The first-order valence-corrected chi connectivity index (χ1v) is 11.0. The fraction of sp³-hybridized carbons (Fsp3) is 0.833. The highest BCUT2D eigenvalue weighted by atomic mass is 32.2. The van der Waals surface area contributed by atoms with E-state index >= 15 is 0 Å². The molecule has 0 aromatic heterocycles. The number of carbonyl (C=O) groups is 2. The third kappa shape index (κ3) is 3.39. The predicted molar refractivity (Wildman–Crippen MR) is 76.5 cm³/mol. The normalized spacial score (nSPS) is 33.6. The average molecular weight is 303 g/mol. The summed E-state index contributed by atoms with van der Waals surface area (Å²) in [7, 11) is -1.70. The second-order valence-electron chi connectivity index (χ2n) is 5.95. The lowest BCUT2D eigenvalue weighted by molar-refractivity contribution is -0.150. The molecule has 2 aliphatic rings. The Kier molecular flexibility index (Phi) is 4.39. The molecule has 0 aliphatic carbocycles. The summed E-state index contributed by atoms with van der Waals surface area (Å²) in [5.41, 5.74) is 0. The Balaban J connectivity index is 2.02. The van der Waals surface area contributed by atoms with Gasteiger partial charge in [0.15, 0.2) is 8.32 Å². The van der Waals surface area contributed by atoms with Gasteiger partial charge in [-0.1, -0.05) is 11.8 Å². The summed E-state index contributed by atoms with van der Waals surface area (Å²) in [6.45, 7) is 8.74. The van der Waals surface area contributed by atoms with Crippen molar-refractivity contribution in [2.24, 2.45) is 5.92 Å². The minimum Gasteiger partial charge on any atom is -0.414 e. The van der Waals surface area contributed by atoms with Crippen LogP contribution in [0.2, 0.25) is 19.6 Å². The number of hydrogen-bond acceptors (Lipinski definition) is 5. The van der Waals surface area contributed by atoms with Gasteiger partial charge in [0.2, 0.25) is 11.0 Å². The van der Waals surface area contributed by atoms with E-state index in [-0.39, 0.29) is 29.1 Å². The van der Waals surface area contributed by atoms with Gasteiger partial charge in [-0.2, -0.15) is 0 Å². The number of hydrogen-bond donors (Lipinski definition) is 1. The van der Waals surface area contributed by atoms with E-state index < -0.39 is 14.4 Å². The van der Waals surface area contributed by atoms with Crippen LogP contribution in [0.3, 0.4) is 0 Å². The number of amides is 1. The zero-order valence-electron chi connectivity index (χ0n) is 11.8. The molecule has 2 rings (SSSR count). The number of rotatable bonds is 4. The first-order chi connectivity index (χ1) is 8.79. The molecule has 0 saturated carbocycles. The molecule has 2 aliphatic heterocycles. The van der Waals surface area contributed by atoms with Crippen molar-refractivity contribution in [3.63, 3.8) is 0 Å². The summed E-state index contributed by atoms with van der Waals surface area (Å²) >= 11 is 1.28. The van der Waals surface area contributed by atoms with Gasteiger partial charge in [0, 0.05) is 5.75 Å². The minimum absolute atomic E-state index is 0.0152. The van der Waals surface area contributed by atoms with Crippen LogP contribution in [0.25, 0.3) is 0 Å². The number of nitrogens with one attached hydrogen (secondary N) is 1. The van der Waals surface area contributed by atoms with Crippen LogP contribution in [-0.2, 0) is 18.8 Å². The van der Waals surface area contributed by atoms with E-state index in [2.05, 4.69) is 25.0 Å². The average Bonchev–Trinajstić information content (AvgIpc) is 2.24. The molecule has 5 nitrogen and oxygen atoms in total. The Labute approximate surface area is 118 Å². The minimum atomic E-state index is -1.70. The molecule has 0 spiro atoms. The van der Waals surface area contributed by atoms with Crippen LogP contribution in [0.5, 0.6) is 0 Å². The molecule has 2 heterocycles. The van der Waals surface area contributed by atoms with Crippen LogP contribution in [0.15, 0.2) is 0 Å². The summed E-state index contributed by atoms with van der Waals surface area (Å²) in [5, 5.41) is 2.81. The van der Waals surface area contributed by atoms with Crippen LogP contribution in [0.1, 0.15) is 6.92 Å². The van der Waals surface area contributed by atoms with Crippen molar-refractivity contribution in [1.29, 1.82) is 0 Å². The van der Waals surface area contributed by atoms with Crippen molar-refractivity contribution in [2.75, 3.05) is 12.4 Å². The van der Waals surface area contributed by atoms with E-state index in [1.165, 1.54) is 11.8 Å². The summed E-state index contributed by atoms with van der Waals surface area (Å²) in [5.74, 6) is 0.379. The Bertz CT molecular complexity index is 384. The molecule has 2 saturated heterocycles. The van der Waals surface area contributed by atoms with E-state index in [9.17, 15) is 9.59 Å². The standard InChI is InChI=1S/C12H21NO4SSi/c1-7(17-19(2,3)4)8-9(13-11(8)14)10-12(15)18-6-5-16-10/h7-10H,5-6H2,1-4H3,(H,13,14)/t7-,8-,9+,10-/m1/s1. The highest BCUT2D eigenvalue weighted by molar-refractivity contribution is 8.13. The van der Waals surface area contributed by atoms with Crippen LogP contribution in [0, 0.1) is 5.92 Å². The SMILES string of the molecule is C[C@@H](O[Si](C)(C)C)[C@H]1C(=O)N[C@@H]1[C@H]1OCCSC1=O. The molecule has 2 fully saturated rings. The Morgan fingerprint density at radius 2 is 2.11 bits per heavy atom. The van der Waals surface area contributed by atoms with Crippen LogP contribution >= 0.6 is 11.8 Å². The van der Waals surface area contributed by atoms with E-state index in [0.717, 1.165) is 0 Å². The second-order valence-corrected chi connectivity index (χ2v) is 11.5. The van der Waals surface area contributed by atoms with Crippen LogP contribution in [-0.4, -0.2) is 49.9 Å². The molecule has 0 aromatic carbocycles.